The van der Waals surface area contributed by atoms with Crippen molar-refractivity contribution in [3.05, 3.63) is 30.1 Å². The van der Waals surface area contributed by atoms with Crippen molar-refractivity contribution in [2.24, 2.45) is 4.99 Å². The molecule has 0 amide bonds. The van der Waals surface area contributed by atoms with Gasteiger partial charge in [-0.2, -0.15) is 0 Å². The molecule has 0 radical (unpaired) electrons. The van der Waals surface area contributed by atoms with Gasteiger partial charge in [0.15, 0.2) is 5.96 Å². The van der Waals surface area contributed by atoms with E-state index in [2.05, 4.69) is 20.6 Å². The van der Waals surface area contributed by atoms with E-state index < -0.39 is 0 Å². The Balaban J connectivity index is 2.16. The normalized spacial score (nSPS) is 11.3. The van der Waals surface area contributed by atoms with Crippen molar-refractivity contribution in [2.45, 2.75) is 13.3 Å². The van der Waals surface area contributed by atoms with Gasteiger partial charge in [0.2, 0.25) is 0 Å². The standard InChI is InChI=1S/C13H22N4O/c1-3-18-11-10-17-13(14-2)16-9-7-12-6-4-5-8-15-12/h4-6,8H,3,7,9-11H2,1-2H3,(H2,14,16,17). The molecule has 1 rings (SSSR count). The fraction of sp³-hybridized carbons (Fsp3) is 0.538. The molecular weight excluding hydrogens is 228 g/mol. The summed E-state index contributed by atoms with van der Waals surface area (Å²) >= 11 is 0. The smallest absolute Gasteiger partial charge is 0.191 e. The highest BCUT2D eigenvalue weighted by molar-refractivity contribution is 5.79. The molecule has 0 unspecified atom stereocenters. The van der Waals surface area contributed by atoms with E-state index >= 15 is 0 Å². The number of aliphatic imine (C=N–C) groups is 1. The second-order valence-electron chi connectivity index (χ2n) is 3.69. The van der Waals surface area contributed by atoms with Crippen LogP contribution in [0.5, 0.6) is 0 Å². The zero-order chi connectivity index (χ0) is 13.1. The highest BCUT2D eigenvalue weighted by atomic mass is 16.5. The summed E-state index contributed by atoms with van der Waals surface area (Å²) in [6.07, 6.45) is 2.69. The Bertz CT molecular complexity index is 340. The van der Waals surface area contributed by atoms with Gasteiger partial charge in [0, 0.05) is 45.1 Å². The Morgan fingerprint density at radius 1 is 1.33 bits per heavy atom. The predicted molar refractivity (Wildman–Crippen MR) is 73.8 cm³/mol. The number of nitrogens with zero attached hydrogens (tertiary/aromatic N) is 2. The fourth-order valence-electron chi connectivity index (χ4n) is 1.46. The van der Waals surface area contributed by atoms with Crippen LogP contribution in [0.2, 0.25) is 0 Å². The Labute approximate surface area is 109 Å². The van der Waals surface area contributed by atoms with Crippen LogP contribution in [0.3, 0.4) is 0 Å². The van der Waals surface area contributed by atoms with Crippen molar-refractivity contribution < 1.29 is 4.74 Å². The van der Waals surface area contributed by atoms with E-state index in [1.165, 1.54) is 0 Å². The Morgan fingerprint density at radius 3 is 2.83 bits per heavy atom. The van der Waals surface area contributed by atoms with Gasteiger partial charge in [-0.1, -0.05) is 6.07 Å². The summed E-state index contributed by atoms with van der Waals surface area (Å²) in [5.74, 6) is 0.797. The predicted octanol–water partition coefficient (Wildman–Crippen LogP) is 0.826. The molecule has 0 atom stereocenters. The summed E-state index contributed by atoms with van der Waals surface area (Å²) in [6, 6.07) is 5.94. The second-order valence-corrected chi connectivity index (χ2v) is 3.69. The molecular formula is C13H22N4O. The van der Waals surface area contributed by atoms with E-state index in [0.29, 0.717) is 6.61 Å². The first kappa shape index (κ1) is 14.4. The van der Waals surface area contributed by atoms with Gasteiger partial charge in [-0.3, -0.25) is 9.98 Å². The summed E-state index contributed by atoms with van der Waals surface area (Å²) in [4.78, 5) is 8.40. The number of nitrogens with one attached hydrogen (secondary N) is 2. The third-order valence-corrected chi connectivity index (χ3v) is 2.37. The van der Waals surface area contributed by atoms with Crippen LogP contribution >= 0.6 is 0 Å². The topological polar surface area (TPSA) is 58.5 Å². The molecule has 1 heterocycles. The minimum Gasteiger partial charge on any atom is -0.380 e. The van der Waals surface area contributed by atoms with E-state index in [4.69, 9.17) is 4.74 Å². The SMILES string of the molecule is CCOCCNC(=NC)NCCc1ccccn1. The van der Waals surface area contributed by atoms with Crippen LogP contribution in [0.4, 0.5) is 0 Å². The lowest BCUT2D eigenvalue weighted by Crippen LogP contribution is -2.39. The van der Waals surface area contributed by atoms with Crippen LogP contribution in [0.1, 0.15) is 12.6 Å². The van der Waals surface area contributed by atoms with Crippen molar-refractivity contribution in [3.63, 3.8) is 0 Å². The molecule has 0 aromatic carbocycles. The molecule has 100 valence electrons. The maximum atomic E-state index is 5.25. The van der Waals surface area contributed by atoms with Crippen LogP contribution < -0.4 is 10.6 Å². The van der Waals surface area contributed by atoms with Crippen LogP contribution in [-0.4, -0.2) is 44.3 Å². The van der Waals surface area contributed by atoms with Gasteiger partial charge in [-0.25, -0.2) is 0 Å². The molecule has 0 aliphatic carbocycles. The maximum absolute atomic E-state index is 5.25. The average Bonchev–Trinajstić information content (AvgIpc) is 2.42. The van der Waals surface area contributed by atoms with E-state index in [9.17, 15) is 0 Å². The number of ether oxygens (including phenoxy) is 1. The van der Waals surface area contributed by atoms with Crippen LogP contribution in [0.25, 0.3) is 0 Å². The zero-order valence-electron chi connectivity index (χ0n) is 11.1. The zero-order valence-corrected chi connectivity index (χ0v) is 11.1. The molecule has 1 aromatic rings. The van der Waals surface area contributed by atoms with Gasteiger partial charge in [0.1, 0.15) is 0 Å². The number of guanidine groups is 1. The maximum Gasteiger partial charge on any atom is 0.191 e. The minimum atomic E-state index is 0.692. The molecule has 0 aliphatic rings. The molecule has 5 nitrogen and oxygen atoms in total. The number of hydrogen-bond donors (Lipinski definition) is 2. The third-order valence-electron chi connectivity index (χ3n) is 2.37. The van der Waals surface area contributed by atoms with Crippen LogP contribution in [0.15, 0.2) is 29.4 Å². The molecule has 0 aliphatic heterocycles. The largest absolute Gasteiger partial charge is 0.380 e. The molecule has 18 heavy (non-hydrogen) atoms. The van der Waals surface area contributed by atoms with Crippen LogP contribution in [0, 0.1) is 0 Å². The number of pyridine rings is 1. The minimum absolute atomic E-state index is 0.692. The highest BCUT2D eigenvalue weighted by Crippen LogP contribution is 1.92. The van der Waals surface area contributed by atoms with Crippen LogP contribution in [-0.2, 0) is 11.2 Å². The first-order valence-electron chi connectivity index (χ1n) is 6.29. The lowest BCUT2D eigenvalue weighted by Gasteiger charge is -2.11. The monoisotopic (exact) mass is 250 g/mol. The van der Waals surface area contributed by atoms with Gasteiger partial charge in [-0.05, 0) is 19.1 Å². The molecule has 5 heteroatoms. The van der Waals surface area contributed by atoms with Gasteiger partial charge in [0.25, 0.3) is 0 Å². The summed E-state index contributed by atoms with van der Waals surface area (Å²) in [7, 11) is 1.76. The van der Waals surface area contributed by atoms with E-state index in [1.807, 2.05) is 31.3 Å². The van der Waals surface area contributed by atoms with Crippen molar-refractivity contribution in [3.8, 4) is 0 Å². The van der Waals surface area contributed by atoms with Gasteiger partial charge >= 0.3 is 0 Å². The Hall–Kier alpha value is -1.62. The summed E-state index contributed by atoms with van der Waals surface area (Å²) in [6.45, 7) is 4.99. The number of aromatic nitrogens is 1. The molecule has 2 N–H and O–H groups in total. The average molecular weight is 250 g/mol. The van der Waals surface area contributed by atoms with E-state index in [1.54, 1.807) is 7.05 Å². The van der Waals surface area contributed by atoms with Gasteiger partial charge < -0.3 is 15.4 Å². The summed E-state index contributed by atoms with van der Waals surface area (Å²) in [5.41, 5.74) is 1.08. The number of rotatable bonds is 7. The summed E-state index contributed by atoms with van der Waals surface area (Å²) < 4.78 is 5.25. The van der Waals surface area contributed by atoms with Crippen molar-refractivity contribution in [2.75, 3.05) is 33.4 Å². The van der Waals surface area contributed by atoms with Crippen molar-refractivity contribution in [1.82, 2.24) is 15.6 Å². The molecule has 0 bridgehead atoms. The van der Waals surface area contributed by atoms with Crippen molar-refractivity contribution >= 4 is 5.96 Å². The molecule has 1 aromatic heterocycles. The Morgan fingerprint density at radius 2 is 2.17 bits per heavy atom. The molecule has 0 spiro atoms. The van der Waals surface area contributed by atoms with Gasteiger partial charge in [-0.15, -0.1) is 0 Å². The third kappa shape index (κ3) is 6.20. The lowest BCUT2D eigenvalue weighted by molar-refractivity contribution is 0.152. The molecule has 0 fully saturated rings. The number of hydrogen-bond acceptors (Lipinski definition) is 3. The lowest BCUT2D eigenvalue weighted by atomic mass is 10.3. The molecule has 0 saturated heterocycles. The first-order chi connectivity index (χ1) is 8.86. The first-order valence-corrected chi connectivity index (χ1v) is 6.29. The Kier molecular flexibility index (Phi) is 7.55. The second kappa shape index (κ2) is 9.41. The fourth-order valence-corrected chi connectivity index (χ4v) is 1.46. The molecule has 0 saturated carbocycles. The van der Waals surface area contributed by atoms with Gasteiger partial charge in [0.05, 0.1) is 6.61 Å². The van der Waals surface area contributed by atoms with E-state index in [-0.39, 0.29) is 0 Å². The quantitative estimate of drug-likeness (QED) is 0.427. The highest BCUT2D eigenvalue weighted by Gasteiger charge is 1.97. The van der Waals surface area contributed by atoms with E-state index in [0.717, 1.165) is 37.8 Å². The van der Waals surface area contributed by atoms with Crippen molar-refractivity contribution in [1.29, 1.82) is 0 Å². The summed E-state index contributed by atoms with van der Waals surface area (Å²) in [5, 5.41) is 6.42.